The van der Waals surface area contributed by atoms with Gasteiger partial charge >= 0.3 is 0 Å². The number of ether oxygens (including phenoxy) is 1. The molecule has 9 nitrogen and oxygen atoms in total. The lowest BCUT2D eigenvalue weighted by atomic mass is 10.1. The van der Waals surface area contributed by atoms with Gasteiger partial charge in [0.2, 0.25) is 5.52 Å². The molecule has 0 saturated heterocycles. The number of hydrogen-bond acceptors (Lipinski definition) is 10. The number of fused-ring (bicyclic) bond motifs is 6. The zero-order valence-electron chi connectivity index (χ0n) is 24.4. The maximum Gasteiger partial charge on any atom is 0.265 e. The molecule has 3 aromatic heterocycles. The van der Waals surface area contributed by atoms with Crippen molar-refractivity contribution in [2.24, 2.45) is 0 Å². The van der Waals surface area contributed by atoms with Crippen molar-refractivity contribution in [2.75, 3.05) is 30.1 Å². The average molecular weight is 724 g/mol. The Balaban J connectivity index is 1.44. The first kappa shape index (κ1) is 32.4. The molecule has 1 aliphatic rings. The van der Waals surface area contributed by atoms with Gasteiger partial charge in [0.1, 0.15) is 15.1 Å². The Bertz CT molecular complexity index is 2190. The topological polar surface area (TPSA) is 125 Å². The number of hydrogen-bond donors (Lipinski definition) is 2. The van der Waals surface area contributed by atoms with E-state index in [0.29, 0.717) is 19.5 Å². The number of thiazole rings is 1. The number of allylic oxidation sites excluding steroid dienone is 2. The Hall–Kier alpha value is -2.50. The lowest BCUT2D eigenvalue weighted by molar-refractivity contribution is -0.667. The molecule has 45 heavy (non-hydrogen) atoms. The highest BCUT2D eigenvalue weighted by molar-refractivity contribution is 8.04. The third kappa shape index (κ3) is 6.95. The van der Waals surface area contributed by atoms with Crippen LogP contribution in [0.2, 0.25) is 0 Å². The Labute approximate surface area is 277 Å². The standard InChI is InChI=1S/C30H30N2O7S6/c1-3-19(16-26-31(10-4-14-44(33,34)35)22-6-7-24-21(9-12-40-24)29(22)43-26)17-27-32(11-5-15-45(36,37)38)28-25(42-27)18-23(39-2)20-8-13-41-30(20)28/h6-9,12-13,16-18H,3-5,10-11,14-15H2,1-2H3,(H-,33,34,35,36,37,38)/p+1. The Kier molecular flexibility index (Phi) is 9.34. The van der Waals surface area contributed by atoms with Gasteiger partial charge in [-0.15, -0.1) is 22.7 Å². The molecule has 0 unspecified atom stereocenters. The quantitative estimate of drug-likeness (QED) is 0.0999. The second kappa shape index (κ2) is 13.0. The molecule has 6 rings (SSSR count). The molecule has 0 radical (unpaired) electrons. The van der Waals surface area contributed by atoms with E-state index < -0.39 is 20.2 Å². The summed E-state index contributed by atoms with van der Waals surface area (Å²) in [5.74, 6) is 0.123. The van der Waals surface area contributed by atoms with Gasteiger partial charge in [-0.05, 0) is 59.5 Å². The third-order valence-corrected chi connectivity index (χ3v) is 13.2. The van der Waals surface area contributed by atoms with Crippen molar-refractivity contribution in [3.63, 3.8) is 0 Å². The highest BCUT2D eigenvalue weighted by Gasteiger charge is 2.29. The molecule has 4 heterocycles. The van der Waals surface area contributed by atoms with Crippen molar-refractivity contribution in [1.29, 1.82) is 0 Å². The number of aryl methyl sites for hydroxylation is 1. The van der Waals surface area contributed by atoms with Gasteiger partial charge in [-0.2, -0.15) is 21.4 Å². The Morgan fingerprint density at radius 2 is 1.71 bits per heavy atom. The molecule has 0 spiro atoms. The maximum atomic E-state index is 11.6. The number of rotatable bonds is 12. The van der Waals surface area contributed by atoms with Gasteiger partial charge in [0.05, 0.1) is 29.3 Å². The summed E-state index contributed by atoms with van der Waals surface area (Å²) in [6, 6.07) is 10.3. The monoisotopic (exact) mass is 723 g/mol. The Morgan fingerprint density at radius 3 is 2.44 bits per heavy atom. The summed E-state index contributed by atoms with van der Waals surface area (Å²) in [5, 5.41) is 8.13. The second-order valence-corrected chi connectivity index (χ2v) is 17.6. The largest absolute Gasteiger partial charge is 0.496 e. The average Bonchev–Trinajstić information content (AvgIpc) is 3.76. The van der Waals surface area contributed by atoms with E-state index in [1.807, 2.05) is 17.5 Å². The highest BCUT2D eigenvalue weighted by Crippen LogP contribution is 2.51. The van der Waals surface area contributed by atoms with Gasteiger partial charge in [-0.25, -0.2) is 0 Å². The van der Waals surface area contributed by atoms with Crippen molar-refractivity contribution < 1.29 is 35.2 Å². The van der Waals surface area contributed by atoms with Crippen LogP contribution in [0.15, 0.2) is 62.7 Å². The van der Waals surface area contributed by atoms with Gasteiger partial charge in [-0.1, -0.05) is 30.0 Å². The number of thiophene rings is 2. The van der Waals surface area contributed by atoms with Crippen LogP contribution in [0.3, 0.4) is 0 Å². The number of thioether (sulfide) groups is 1. The van der Waals surface area contributed by atoms with Gasteiger partial charge in [0.15, 0.2) is 6.54 Å². The molecule has 0 saturated carbocycles. The van der Waals surface area contributed by atoms with Crippen LogP contribution in [0.1, 0.15) is 31.2 Å². The van der Waals surface area contributed by atoms with Crippen molar-refractivity contribution in [1.82, 2.24) is 0 Å². The lowest BCUT2D eigenvalue weighted by Gasteiger charge is -2.20. The molecule has 238 valence electrons. The van der Waals surface area contributed by atoms with Crippen molar-refractivity contribution in [3.8, 4) is 5.75 Å². The van der Waals surface area contributed by atoms with Crippen LogP contribution < -0.4 is 14.2 Å². The first-order valence-corrected chi connectivity index (χ1v) is 20.8. The number of methoxy groups -OCH3 is 1. The van der Waals surface area contributed by atoms with Crippen molar-refractivity contribution in [3.05, 3.63) is 62.8 Å². The first-order chi connectivity index (χ1) is 21.5. The van der Waals surface area contributed by atoms with Crippen LogP contribution in [0.4, 0.5) is 5.69 Å². The number of nitrogens with zero attached hydrogens (tertiary/aromatic N) is 2. The predicted molar refractivity (Wildman–Crippen MR) is 187 cm³/mol. The fraction of sp³-hybridized carbons (Fsp3) is 0.300. The predicted octanol–water partition coefficient (Wildman–Crippen LogP) is 7.43. The molecular formula is C30H31N2O7S6+. The molecular weight excluding hydrogens is 693 g/mol. The van der Waals surface area contributed by atoms with E-state index in [-0.39, 0.29) is 24.3 Å². The van der Waals surface area contributed by atoms with E-state index in [1.54, 1.807) is 52.9 Å². The SMILES string of the molecule is CCC(/C=C1\Sc2c(ccc3sccc23)N1CCCS(=O)(=O)O)=C\c1sc2cc(OC)c3ccsc3c2[n+]1CCCS(=O)(=O)O. The zero-order chi connectivity index (χ0) is 31.9. The lowest BCUT2D eigenvalue weighted by Crippen LogP contribution is -2.36. The van der Waals surface area contributed by atoms with Crippen molar-refractivity contribution in [2.45, 2.75) is 37.6 Å². The molecule has 5 aromatic rings. The summed E-state index contributed by atoms with van der Waals surface area (Å²) < 4.78 is 75.9. The minimum Gasteiger partial charge on any atom is -0.496 e. The van der Waals surface area contributed by atoms with Gasteiger partial charge in [0.25, 0.3) is 25.2 Å². The summed E-state index contributed by atoms with van der Waals surface area (Å²) in [5.41, 5.74) is 3.05. The van der Waals surface area contributed by atoms with Gasteiger partial charge in [-0.3, -0.25) is 9.11 Å². The zero-order valence-corrected chi connectivity index (χ0v) is 29.3. The van der Waals surface area contributed by atoms with E-state index in [0.717, 1.165) is 57.6 Å². The minimum atomic E-state index is -4.10. The van der Waals surface area contributed by atoms with E-state index in [9.17, 15) is 25.9 Å². The van der Waals surface area contributed by atoms with Gasteiger partial charge in [0, 0.05) is 45.5 Å². The van der Waals surface area contributed by atoms with E-state index >= 15 is 0 Å². The van der Waals surface area contributed by atoms with Crippen LogP contribution >= 0.6 is 45.8 Å². The summed E-state index contributed by atoms with van der Waals surface area (Å²) in [4.78, 5) is 3.24. The van der Waals surface area contributed by atoms with Crippen LogP contribution in [-0.4, -0.2) is 51.1 Å². The first-order valence-electron chi connectivity index (χ1n) is 14.1. The molecule has 2 aromatic carbocycles. The summed E-state index contributed by atoms with van der Waals surface area (Å²) in [6.45, 7) is 2.90. The summed E-state index contributed by atoms with van der Waals surface area (Å²) in [6.07, 6.45) is 5.48. The van der Waals surface area contributed by atoms with Crippen LogP contribution in [0, 0.1) is 0 Å². The molecule has 0 aliphatic carbocycles. The molecule has 15 heteroatoms. The van der Waals surface area contributed by atoms with Crippen LogP contribution in [0.25, 0.3) is 36.5 Å². The fourth-order valence-electron chi connectivity index (χ4n) is 5.49. The maximum absolute atomic E-state index is 11.6. The van der Waals surface area contributed by atoms with E-state index in [2.05, 4.69) is 52.1 Å². The van der Waals surface area contributed by atoms with Crippen molar-refractivity contribution >= 4 is 108 Å². The molecule has 1 aliphatic heterocycles. The number of aromatic nitrogens is 1. The van der Waals surface area contributed by atoms with Gasteiger partial charge < -0.3 is 9.64 Å². The highest BCUT2D eigenvalue weighted by atomic mass is 32.2. The normalized spacial score (nSPS) is 15.2. The molecule has 0 atom stereocenters. The minimum absolute atomic E-state index is 0.251. The van der Waals surface area contributed by atoms with E-state index in [4.69, 9.17) is 4.74 Å². The molecule has 0 fully saturated rings. The van der Waals surface area contributed by atoms with E-state index in [1.165, 1.54) is 4.70 Å². The fourth-order valence-corrected chi connectivity index (χ4v) is 10.9. The van der Waals surface area contributed by atoms with Crippen LogP contribution in [-0.2, 0) is 26.8 Å². The van der Waals surface area contributed by atoms with Crippen LogP contribution in [0.5, 0.6) is 5.75 Å². The second-order valence-electron chi connectivity index (χ2n) is 10.5. The molecule has 0 amide bonds. The number of anilines is 1. The number of benzene rings is 2. The molecule has 2 N–H and O–H groups in total. The summed E-state index contributed by atoms with van der Waals surface area (Å²) in [7, 11) is -6.53. The third-order valence-electron chi connectivity index (χ3n) is 7.53. The molecule has 0 bridgehead atoms. The summed E-state index contributed by atoms with van der Waals surface area (Å²) >= 11 is 6.53. The Morgan fingerprint density at radius 1 is 0.978 bits per heavy atom. The smallest absolute Gasteiger partial charge is 0.265 e.